The van der Waals surface area contributed by atoms with E-state index < -0.39 is 0 Å². The number of rotatable bonds is 5. The monoisotopic (exact) mass is 276 g/mol. The third kappa shape index (κ3) is 2.84. The summed E-state index contributed by atoms with van der Waals surface area (Å²) in [6.45, 7) is 4.43. The van der Waals surface area contributed by atoms with Crippen molar-refractivity contribution in [3.8, 4) is 0 Å². The second kappa shape index (κ2) is 6.25. The molecule has 0 N–H and O–H groups in total. The summed E-state index contributed by atoms with van der Waals surface area (Å²) in [5, 5.41) is 1.15. The van der Waals surface area contributed by atoms with Crippen molar-refractivity contribution < 1.29 is 0 Å². The maximum absolute atomic E-state index is 6.10. The number of anilines is 1. The first kappa shape index (κ1) is 14.1. The predicted octanol–water partition coefficient (Wildman–Crippen LogP) is 4.60. The molecule has 0 aliphatic carbocycles. The van der Waals surface area contributed by atoms with Crippen molar-refractivity contribution >= 4 is 28.3 Å². The number of alkyl halides is 1. The zero-order valence-electron chi connectivity index (χ0n) is 11.9. The fourth-order valence-corrected chi connectivity index (χ4v) is 2.76. The van der Waals surface area contributed by atoms with E-state index >= 15 is 0 Å². The Hall–Kier alpha value is -1.28. The van der Waals surface area contributed by atoms with Gasteiger partial charge in [0, 0.05) is 24.0 Å². The van der Waals surface area contributed by atoms with E-state index in [1.807, 2.05) is 12.1 Å². The second-order valence-electron chi connectivity index (χ2n) is 4.88. The Morgan fingerprint density at radius 2 is 1.89 bits per heavy atom. The molecule has 0 fully saturated rings. The van der Waals surface area contributed by atoms with Crippen LogP contribution in [0.2, 0.25) is 0 Å². The average molecular weight is 277 g/mol. The summed E-state index contributed by atoms with van der Waals surface area (Å²) >= 11 is 6.10. The Balaban J connectivity index is 2.51. The molecule has 0 unspecified atom stereocenters. The van der Waals surface area contributed by atoms with E-state index in [9.17, 15) is 0 Å². The lowest BCUT2D eigenvalue weighted by Gasteiger charge is -2.29. The molecule has 1 aromatic heterocycles. The van der Waals surface area contributed by atoms with Crippen molar-refractivity contribution in [2.75, 3.05) is 11.9 Å². The molecule has 0 atom stereocenters. The summed E-state index contributed by atoms with van der Waals surface area (Å²) in [6.07, 6.45) is 2.23. The molecule has 2 rings (SSSR count). The van der Waals surface area contributed by atoms with E-state index in [1.165, 1.54) is 0 Å². The third-order valence-electron chi connectivity index (χ3n) is 3.75. The van der Waals surface area contributed by atoms with Gasteiger partial charge in [-0.25, -0.2) is 4.98 Å². The second-order valence-corrected chi connectivity index (χ2v) is 5.15. The number of fused-ring (bicyclic) bond motifs is 1. The normalized spacial score (nSPS) is 11.2. The highest BCUT2D eigenvalue weighted by atomic mass is 35.5. The molecule has 0 saturated heterocycles. The van der Waals surface area contributed by atoms with Gasteiger partial charge in [0.25, 0.3) is 0 Å². The lowest BCUT2D eigenvalue weighted by Crippen LogP contribution is -2.31. The topological polar surface area (TPSA) is 16.1 Å². The van der Waals surface area contributed by atoms with Crippen LogP contribution in [0.3, 0.4) is 0 Å². The molecular weight excluding hydrogens is 256 g/mol. The van der Waals surface area contributed by atoms with Crippen molar-refractivity contribution in [1.29, 1.82) is 0 Å². The van der Waals surface area contributed by atoms with Gasteiger partial charge in [0.2, 0.25) is 0 Å². The molecule has 0 amide bonds. The number of para-hydroxylation sites is 1. The summed E-state index contributed by atoms with van der Waals surface area (Å²) < 4.78 is 0. The Morgan fingerprint density at radius 3 is 2.53 bits per heavy atom. The highest BCUT2D eigenvalue weighted by molar-refractivity contribution is 6.17. The van der Waals surface area contributed by atoms with Crippen LogP contribution in [0.1, 0.15) is 32.3 Å². The lowest BCUT2D eigenvalue weighted by molar-refractivity contribution is 0.586. The summed E-state index contributed by atoms with van der Waals surface area (Å²) in [5.41, 5.74) is 2.14. The standard InChI is InChI=1S/C16H21ClN2/c1-4-14(5-2)19(3)16-13(11-17)10-12-8-6-7-9-15(12)18-16/h6-10,14H,4-5,11H2,1-3H3. The molecule has 0 aliphatic rings. The van der Waals surface area contributed by atoms with E-state index in [-0.39, 0.29) is 0 Å². The van der Waals surface area contributed by atoms with E-state index in [0.717, 1.165) is 35.1 Å². The van der Waals surface area contributed by atoms with Gasteiger partial charge in [-0.2, -0.15) is 0 Å². The highest BCUT2D eigenvalue weighted by Gasteiger charge is 2.16. The van der Waals surface area contributed by atoms with Crippen LogP contribution in [-0.4, -0.2) is 18.1 Å². The van der Waals surface area contributed by atoms with Crippen molar-refractivity contribution in [2.45, 2.75) is 38.6 Å². The molecule has 0 aliphatic heterocycles. The minimum Gasteiger partial charge on any atom is -0.356 e. The van der Waals surface area contributed by atoms with Gasteiger partial charge in [-0.05, 0) is 25.0 Å². The maximum atomic E-state index is 6.10. The largest absolute Gasteiger partial charge is 0.356 e. The summed E-state index contributed by atoms with van der Waals surface area (Å²) in [5.74, 6) is 1.51. The number of pyridine rings is 1. The first-order valence-electron chi connectivity index (χ1n) is 6.88. The lowest BCUT2D eigenvalue weighted by atomic mass is 10.1. The Labute approximate surface area is 120 Å². The Bertz CT molecular complexity index is 549. The zero-order chi connectivity index (χ0) is 13.8. The van der Waals surface area contributed by atoms with Gasteiger partial charge in [-0.15, -0.1) is 11.6 Å². The smallest absolute Gasteiger partial charge is 0.133 e. The number of halogens is 1. The van der Waals surface area contributed by atoms with Crippen molar-refractivity contribution in [3.63, 3.8) is 0 Å². The number of benzene rings is 1. The van der Waals surface area contributed by atoms with Gasteiger partial charge >= 0.3 is 0 Å². The highest BCUT2D eigenvalue weighted by Crippen LogP contribution is 2.26. The first-order valence-corrected chi connectivity index (χ1v) is 7.42. The van der Waals surface area contributed by atoms with Gasteiger partial charge in [0.15, 0.2) is 0 Å². The van der Waals surface area contributed by atoms with Gasteiger partial charge in [0.1, 0.15) is 5.82 Å². The summed E-state index contributed by atoms with van der Waals surface area (Å²) in [4.78, 5) is 7.07. The Morgan fingerprint density at radius 1 is 1.21 bits per heavy atom. The molecule has 102 valence electrons. The quantitative estimate of drug-likeness (QED) is 0.742. The minimum absolute atomic E-state index is 0.498. The SMILES string of the molecule is CCC(CC)N(C)c1nc2ccccc2cc1CCl. The molecule has 3 heteroatoms. The molecule has 0 bridgehead atoms. The molecule has 1 aromatic carbocycles. The Kier molecular flexibility index (Phi) is 4.65. The van der Waals surface area contributed by atoms with E-state index in [4.69, 9.17) is 16.6 Å². The maximum Gasteiger partial charge on any atom is 0.133 e. The molecule has 0 saturated carbocycles. The molecule has 2 nitrogen and oxygen atoms in total. The fraction of sp³-hybridized carbons (Fsp3) is 0.438. The van der Waals surface area contributed by atoms with Crippen LogP contribution in [0.25, 0.3) is 10.9 Å². The third-order valence-corrected chi connectivity index (χ3v) is 4.04. The van der Waals surface area contributed by atoms with Crippen LogP contribution < -0.4 is 4.90 Å². The molecule has 0 spiro atoms. The number of hydrogen-bond donors (Lipinski definition) is 0. The fourth-order valence-electron chi connectivity index (χ4n) is 2.56. The van der Waals surface area contributed by atoms with Crippen LogP contribution in [0.15, 0.2) is 30.3 Å². The van der Waals surface area contributed by atoms with Crippen molar-refractivity contribution in [2.24, 2.45) is 0 Å². The molecule has 19 heavy (non-hydrogen) atoms. The zero-order valence-corrected chi connectivity index (χ0v) is 12.6. The minimum atomic E-state index is 0.498. The van der Waals surface area contributed by atoms with Gasteiger partial charge in [-0.3, -0.25) is 0 Å². The number of hydrogen-bond acceptors (Lipinski definition) is 2. The van der Waals surface area contributed by atoms with Crippen LogP contribution >= 0.6 is 11.6 Å². The number of aromatic nitrogens is 1. The summed E-state index contributed by atoms with van der Waals surface area (Å²) in [7, 11) is 2.12. The molecule has 1 heterocycles. The van der Waals surface area contributed by atoms with Gasteiger partial charge in [-0.1, -0.05) is 32.0 Å². The predicted molar refractivity (Wildman–Crippen MR) is 84.1 cm³/mol. The average Bonchev–Trinajstić information content (AvgIpc) is 2.46. The summed E-state index contributed by atoms with van der Waals surface area (Å²) in [6, 6.07) is 10.9. The van der Waals surface area contributed by atoms with E-state index in [0.29, 0.717) is 11.9 Å². The van der Waals surface area contributed by atoms with Crippen LogP contribution in [-0.2, 0) is 5.88 Å². The molecule has 0 radical (unpaired) electrons. The number of nitrogens with zero attached hydrogens (tertiary/aromatic N) is 2. The van der Waals surface area contributed by atoms with E-state index in [2.05, 4.69) is 44.0 Å². The van der Waals surface area contributed by atoms with Crippen molar-refractivity contribution in [3.05, 3.63) is 35.9 Å². The van der Waals surface area contributed by atoms with Crippen molar-refractivity contribution in [1.82, 2.24) is 4.98 Å². The molecule has 2 aromatic rings. The van der Waals surface area contributed by atoms with E-state index in [1.54, 1.807) is 0 Å². The molecular formula is C16H21ClN2. The van der Waals surface area contributed by atoms with Crippen LogP contribution in [0.4, 0.5) is 5.82 Å². The van der Waals surface area contributed by atoms with Crippen LogP contribution in [0.5, 0.6) is 0 Å². The van der Waals surface area contributed by atoms with Crippen LogP contribution in [0, 0.1) is 0 Å². The first-order chi connectivity index (χ1) is 9.21. The van der Waals surface area contributed by atoms with Gasteiger partial charge < -0.3 is 4.90 Å². The van der Waals surface area contributed by atoms with Gasteiger partial charge in [0.05, 0.1) is 11.4 Å².